The molecule has 0 aliphatic carbocycles. The number of nitrogen functional groups attached to an aromatic ring is 1. The molecule has 112 valence electrons. The summed E-state index contributed by atoms with van der Waals surface area (Å²) in [5.41, 5.74) is 5.21. The Bertz CT molecular complexity index is 740. The van der Waals surface area contributed by atoms with Crippen LogP contribution in [-0.4, -0.2) is 38.9 Å². The number of nitrogens with two attached hydrogens (primary N) is 1. The molecule has 0 atom stereocenters. The molecule has 0 amide bonds. The minimum Gasteiger partial charge on any atom is -0.472 e. The van der Waals surface area contributed by atoms with Gasteiger partial charge >= 0.3 is 10.1 Å². The number of hydrogen-bond acceptors (Lipinski definition) is 8. The number of ether oxygens (including phenoxy) is 1. The fraction of sp³-hybridized carbons (Fsp3) is 0.250. The Labute approximate surface area is 114 Å². The molecule has 0 unspecified atom stereocenters. The number of nitrogens with zero attached hydrogens (tertiary/aromatic N) is 2. The summed E-state index contributed by atoms with van der Waals surface area (Å²) in [5, 5.41) is 6.94. The first-order chi connectivity index (χ1) is 9.04. The second kappa shape index (κ2) is 5.70. The molecule has 1 rings (SSSR count). The van der Waals surface area contributed by atoms with E-state index in [0.29, 0.717) is 0 Å². The molecule has 4 N–H and O–H groups in total. The average Bonchev–Trinajstić information content (AvgIpc) is 2.24. The maximum absolute atomic E-state index is 11.2. The molecule has 0 aliphatic rings. The van der Waals surface area contributed by atoms with Crippen molar-refractivity contribution in [3.8, 4) is 5.75 Å². The molecule has 0 saturated carbocycles. The lowest BCUT2D eigenvalue weighted by Gasteiger charge is -2.11. The second-order valence-electron chi connectivity index (χ2n) is 3.48. The molecule has 0 radical (unpaired) electrons. The van der Waals surface area contributed by atoms with Crippen molar-refractivity contribution in [1.82, 2.24) is 0 Å². The van der Waals surface area contributed by atoms with Crippen LogP contribution in [0.1, 0.15) is 0 Å². The van der Waals surface area contributed by atoms with Gasteiger partial charge in [0.15, 0.2) is 5.75 Å². The maximum Gasteiger partial charge on any atom is 0.300 e. The summed E-state index contributed by atoms with van der Waals surface area (Å²) in [5.74, 6) is -1.84. The molecule has 20 heavy (non-hydrogen) atoms. The van der Waals surface area contributed by atoms with Gasteiger partial charge in [-0.1, -0.05) is 0 Å². The van der Waals surface area contributed by atoms with Gasteiger partial charge in [-0.3, -0.25) is 9.11 Å². The lowest BCUT2D eigenvalue weighted by atomic mass is 10.2. The van der Waals surface area contributed by atoms with E-state index in [1.165, 1.54) is 7.05 Å². The highest BCUT2D eigenvalue weighted by Gasteiger charge is 2.22. The molecule has 0 aliphatic heterocycles. The molecule has 0 bridgehead atoms. The first kappa shape index (κ1) is 16.3. The molecule has 12 heteroatoms. The Hall–Kier alpha value is -1.76. The van der Waals surface area contributed by atoms with Crippen molar-refractivity contribution in [2.45, 2.75) is 4.90 Å². The minimum absolute atomic E-state index is 0.0110. The summed E-state index contributed by atoms with van der Waals surface area (Å²) in [6, 6.07) is 2.04. The first-order valence-corrected chi connectivity index (χ1v) is 7.88. The Morgan fingerprint density at radius 2 is 1.85 bits per heavy atom. The van der Waals surface area contributed by atoms with Crippen molar-refractivity contribution in [2.75, 3.05) is 18.7 Å². The monoisotopic (exact) mass is 325 g/mol. The fourth-order valence-electron chi connectivity index (χ4n) is 1.26. The van der Waals surface area contributed by atoms with Crippen LogP contribution in [0, 0.1) is 0 Å². The molecular formula is C8H11N3O7S2. The van der Waals surface area contributed by atoms with Gasteiger partial charge in [0, 0.05) is 7.05 Å². The van der Waals surface area contributed by atoms with Gasteiger partial charge < -0.3 is 10.5 Å². The van der Waals surface area contributed by atoms with E-state index in [2.05, 4.69) is 15.0 Å². The highest BCUT2D eigenvalue weighted by atomic mass is 32.2. The third-order valence-electron chi connectivity index (χ3n) is 1.91. The SMILES string of the molecule is CN=Nc1cc(N)c(OCS(=O)(=O)O)c(S(=O)(=O)O)c1. The number of anilines is 1. The Morgan fingerprint density at radius 1 is 1.25 bits per heavy atom. The number of hydrogen-bond donors (Lipinski definition) is 3. The Balaban J connectivity index is 3.42. The van der Waals surface area contributed by atoms with Gasteiger partial charge in [0.2, 0.25) is 5.94 Å². The van der Waals surface area contributed by atoms with E-state index in [-0.39, 0.29) is 11.4 Å². The van der Waals surface area contributed by atoms with Gasteiger partial charge in [0.05, 0.1) is 11.4 Å². The number of rotatable bonds is 5. The molecule has 1 aromatic rings. The van der Waals surface area contributed by atoms with Crippen LogP contribution >= 0.6 is 0 Å². The van der Waals surface area contributed by atoms with Crippen molar-refractivity contribution in [3.05, 3.63) is 12.1 Å². The number of azo groups is 1. The van der Waals surface area contributed by atoms with Gasteiger partial charge in [-0.05, 0) is 12.1 Å². The predicted molar refractivity (Wildman–Crippen MR) is 68.2 cm³/mol. The van der Waals surface area contributed by atoms with Gasteiger partial charge in [0.1, 0.15) is 4.90 Å². The van der Waals surface area contributed by atoms with Crippen LogP contribution in [-0.2, 0) is 20.2 Å². The summed E-state index contributed by atoms with van der Waals surface area (Å²) in [6.45, 7) is 0. The highest BCUT2D eigenvalue weighted by Crippen LogP contribution is 2.35. The van der Waals surface area contributed by atoms with Crippen molar-refractivity contribution in [2.24, 2.45) is 10.2 Å². The largest absolute Gasteiger partial charge is 0.472 e. The molecular weight excluding hydrogens is 314 g/mol. The molecule has 0 heterocycles. The van der Waals surface area contributed by atoms with E-state index in [1.807, 2.05) is 0 Å². The van der Waals surface area contributed by atoms with Crippen molar-refractivity contribution in [3.63, 3.8) is 0 Å². The summed E-state index contributed by atoms with van der Waals surface area (Å²) < 4.78 is 65.9. The van der Waals surface area contributed by atoms with Crippen molar-refractivity contribution >= 4 is 31.6 Å². The zero-order valence-corrected chi connectivity index (χ0v) is 11.7. The van der Waals surface area contributed by atoms with Crippen LogP contribution in [0.25, 0.3) is 0 Å². The molecule has 10 nitrogen and oxygen atoms in total. The van der Waals surface area contributed by atoms with E-state index in [4.69, 9.17) is 14.8 Å². The Kier molecular flexibility index (Phi) is 4.65. The highest BCUT2D eigenvalue weighted by molar-refractivity contribution is 7.86. The first-order valence-electron chi connectivity index (χ1n) is 4.83. The Morgan fingerprint density at radius 3 is 2.30 bits per heavy atom. The third kappa shape index (κ3) is 4.41. The predicted octanol–water partition coefficient (Wildman–Crippen LogP) is 0.453. The molecule has 1 aromatic carbocycles. The van der Waals surface area contributed by atoms with E-state index < -0.39 is 36.8 Å². The van der Waals surface area contributed by atoms with Gasteiger partial charge in [0.25, 0.3) is 10.1 Å². The zero-order chi connectivity index (χ0) is 15.6. The molecule has 0 saturated heterocycles. The van der Waals surface area contributed by atoms with Crippen molar-refractivity contribution in [1.29, 1.82) is 0 Å². The summed E-state index contributed by atoms with van der Waals surface area (Å²) >= 11 is 0. The standard InChI is InChI=1S/C8H11N3O7S2/c1-10-11-5-2-6(9)8(18-4-19(12,13)14)7(3-5)20(15,16)17/h2-3H,4,9H2,1H3,(H,12,13,14)(H,15,16,17). The molecule has 0 aromatic heterocycles. The zero-order valence-electron chi connectivity index (χ0n) is 10.1. The van der Waals surface area contributed by atoms with E-state index in [0.717, 1.165) is 12.1 Å². The number of benzene rings is 1. The van der Waals surface area contributed by atoms with E-state index in [1.54, 1.807) is 0 Å². The van der Waals surface area contributed by atoms with Crippen LogP contribution in [0.15, 0.2) is 27.3 Å². The normalized spacial score (nSPS) is 12.8. The van der Waals surface area contributed by atoms with Crippen LogP contribution in [0.4, 0.5) is 11.4 Å². The van der Waals surface area contributed by atoms with Crippen LogP contribution < -0.4 is 10.5 Å². The lowest BCUT2D eigenvalue weighted by Crippen LogP contribution is -2.13. The topological polar surface area (TPSA) is 169 Å². The van der Waals surface area contributed by atoms with Crippen LogP contribution in [0.5, 0.6) is 5.75 Å². The van der Waals surface area contributed by atoms with Gasteiger partial charge in [-0.25, -0.2) is 0 Å². The van der Waals surface area contributed by atoms with Gasteiger partial charge in [-0.15, -0.1) is 0 Å². The average molecular weight is 325 g/mol. The lowest BCUT2D eigenvalue weighted by molar-refractivity contribution is 0.344. The molecule has 0 fully saturated rings. The summed E-state index contributed by atoms with van der Waals surface area (Å²) in [7, 11) is -7.94. The third-order valence-corrected chi connectivity index (χ3v) is 3.19. The fourth-order valence-corrected chi connectivity index (χ4v) is 2.21. The molecule has 0 spiro atoms. The van der Waals surface area contributed by atoms with E-state index >= 15 is 0 Å². The summed E-state index contributed by atoms with van der Waals surface area (Å²) in [4.78, 5) is -0.788. The quantitative estimate of drug-likeness (QED) is 0.398. The minimum atomic E-state index is -4.75. The van der Waals surface area contributed by atoms with E-state index in [9.17, 15) is 16.8 Å². The van der Waals surface area contributed by atoms with Crippen molar-refractivity contribution < 1.29 is 30.7 Å². The second-order valence-corrected chi connectivity index (χ2v) is 6.27. The van der Waals surface area contributed by atoms with Gasteiger partial charge in [-0.2, -0.15) is 27.1 Å². The smallest absolute Gasteiger partial charge is 0.300 e. The van der Waals surface area contributed by atoms with Crippen LogP contribution in [0.2, 0.25) is 0 Å². The summed E-state index contributed by atoms with van der Waals surface area (Å²) in [6.07, 6.45) is 0. The van der Waals surface area contributed by atoms with Crippen LogP contribution in [0.3, 0.4) is 0 Å². The maximum atomic E-state index is 11.2.